The molecule has 0 atom stereocenters. The van der Waals surface area contributed by atoms with Crippen LogP contribution in [0.25, 0.3) is 11.1 Å². The van der Waals surface area contributed by atoms with E-state index in [0.717, 1.165) is 11.1 Å². The van der Waals surface area contributed by atoms with E-state index in [2.05, 4.69) is 25.3 Å². The van der Waals surface area contributed by atoms with Gasteiger partial charge in [-0.15, -0.1) is 0 Å². The number of carbonyl (C=O) groups is 2. The number of nitrogens with zero attached hydrogens (tertiary/aromatic N) is 5. The number of thiazole rings is 1. The van der Waals surface area contributed by atoms with Gasteiger partial charge >= 0.3 is 0 Å². The Labute approximate surface area is 230 Å². The number of rotatable bonds is 6. The van der Waals surface area contributed by atoms with E-state index in [1.807, 2.05) is 0 Å². The molecule has 1 aliphatic rings. The van der Waals surface area contributed by atoms with Gasteiger partial charge in [-0.1, -0.05) is 22.9 Å². The molecule has 0 unspecified atom stereocenters. The highest BCUT2D eigenvalue weighted by Crippen LogP contribution is 2.36. The molecule has 1 N–H and O–H groups in total. The molecule has 5 heterocycles. The first-order chi connectivity index (χ1) is 18.6. The van der Waals surface area contributed by atoms with Crippen LogP contribution in [-0.4, -0.2) is 43.8 Å². The third-order valence-electron chi connectivity index (χ3n) is 6.18. The molecule has 9 nitrogen and oxygen atoms in total. The normalized spacial score (nSPS) is 12.5. The van der Waals surface area contributed by atoms with E-state index in [9.17, 15) is 18.4 Å². The largest absolute Gasteiger partial charge is 0.494 e. The summed E-state index contributed by atoms with van der Waals surface area (Å²) in [5.74, 6) is -0.390. The number of anilines is 1. The van der Waals surface area contributed by atoms with Gasteiger partial charge < -0.3 is 9.64 Å². The molecule has 0 radical (unpaired) electrons. The number of hydrogen-bond acceptors (Lipinski definition) is 8. The number of halogens is 3. The summed E-state index contributed by atoms with van der Waals surface area (Å²) in [4.78, 5) is 45.4. The summed E-state index contributed by atoms with van der Waals surface area (Å²) in [5, 5.41) is 3.42. The zero-order valence-electron chi connectivity index (χ0n) is 21.0. The Balaban J connectivity index is 1.35. The second kappa shape index (κ2) is 10.6. The molecular weight excluding hydrogens is 550 g/mol. The van der Waals surface area contributed by atoms with Crippen molar-refractivity contribution in [1.29, 1.82) is 0 Å². The van der Waals surface area contributed by atoms with Gasteiger partial charge in [0.15, 0.2) is 5.13 Å². The van der Waals surface area contributed by atoms with Crippen LogP contribution in [0.4, 0.5) is 13.9 Å². The van der Waals surface area contributed by atoms with Gasteiger partial charge in [-0.3, -0.25) is 24.9 Å². The Hall–Kier alpha value is -4.03. The number of amides is 2. The molecule has 0 saturated heterocycles. The van der Waals surface area contributed by atoms with Crippen LogP contribution in [0.15, 0.2) is 36.8 Å². The number of aryl methyl sites for hydroxylation is 2. The number of pyridine rings is 3. The minimum Gasteiger partial charge on any atom is -0.494 e. The lowest BCUT2D eigenvalue weighted by molar-refractivity contribution is 0.0748. The molecule has 0 aromatic carbocycles. The number of methoxy groups -OCH3 is 1. The number of carbonyl (C=O) groups excluding carboxylic acids is 2. The lowest BCUT2D eigenvalue weighted by atomic mass is 10.0. The molecular formula is C26H21ClF2N6O3S. The second-order valence-electron chi connectivity index (χ2n) is 8.79. The lowest BCUT2D eigenvalue weighted by Crippen LogP contribution is -2.26. The van der Waals surface area contributed by atoms with Gasteiger partial charge in [0, 0.05) is 40.5 Å². The average Bonchev–Trinajstić information content (AvgIpc) is 3.47. The predicted molar refractivity (Wildman–Crippen MR) is 141 cm³/mol. The average molecular weight is 571 g/mol. The fourth-order valence-corrected chi connectivity index (χ4v) is 5.35. The first-order valence-electron chi connectivity index (χ1n) is 11.6. The van der Waals surface area contributed by atoms with Crippen LogP contribution in [-0.2, 0) is 13.1 Å². The molecule has 200 valence electrons. The maximum Gasteiger partial charge on any atom is 0.265 e. The summed E-state index contributed by atoms with van der Waals surface area (Å²) in [5.41, 5.74) is 2.95. The molecule has 2 amide bonds. The van der Waals surface area contributed by atoms with E-state index in [1.165, 1.54) is 41.8 Å². The highest BCUT2D eigenvalue weighted by molar-refractivity contribution is 7.16. The Morgan fingerprint density at radius 3 is 2.56 bits per heavy atom. The number of hydrogen-bond donors (Lipinski definition) is 1. The maximum absolute atomic E-state index is 13.3. The Bertz CT molecular complexity index is 1590. The quantitative estimate of drug-likeness (QED) is 0.300. The standard InChI is InChI=1S/C26H21ClF2N6O3S/c1-12-4-16(17-6-22(27)32-9-20(17)38-3)18(8-30-12)24(36)34-26-33-19-10-35(11-21(19)39-26)25(37)15-5-14(23(28)29)7-31-13(15)2/h4-9,23H,10-11H2,1-3H3,(H,33,34,36). The first-order valence-corrected chi connectivity index (χ1v) is 12.8. The van der Waals surface area contributed by atoms with E-state index < -0.39 is 18.2 Å². The summed E-state index contributed by atoms with van der Waals surface area (Å²) in [6.07, 6.45) is 1.30. The minimum absolute atomic E-state index is 0.127. The highest BCUT2D eigenvalue weighted by Gasteiger charge is 2.30. The van der Waals surface area contributed by atoms with Crippen molar-refractivity contribution in [3.8, 4) is 16.9 Å². The van der Waals surface area contributed by atoms with E-state index in [1.54, 1.807) is 26.0 Å². The third kappa shape index (κ3) is 5.30. The van der Waals surface area contributed by atoms with Gasteiger partial charge in [0.1, 0.15) is 10.9 Å². The highest BCUT2D eigenvalue weighted by atomic mass is 35.5. The third-order valence-corrected chi connectivity index (χ3v) is 7.39. The Morgan fingerprint density at radius 2 is 1.85 bits per heavy atom. The maximum atomic E-state index is 13.3. The monoisotopic (exact) mass is 570 g/mol. The molecule has 0 fully saturated rings. The van der Waals surface area contributed by atoms with Crippen LogP contribution in [0.5, 0.6) is 5.75 Å². The summed E-state index contributed by atoms with van der Waals surface area (Å²) in [7, 11) is 1.50. The fraction of sp³-hybridized carbons (Fsp3) is 0.231. The van der Waals surface area contributed by atoms with Crippen molar-refractivity contribution in [2.75, 3.05) is 12.4 Å². The molecule has 4 aromatic heterocycles. The topological polar surface area (TPSA) is 110 Å². The van der Waals surface area contributed by atoms with Crippen molar-refractivity contribution in [3.05, 3.63) is 80.6 Å². The van der Waals surface area contributed by atoms with Gasteiger partial charge in [0.2, 0.25) is 0 Å². The molecule has 1 aliphatic heterocycles. The van der Waals surface area contributed by atoms with Gasteiger partial charge in [0.25, 0.3) is 18.2 Å². The van der Waals surface area contributed by atoms with Gasteiger partial charge in [-0.2, -0.15) is 0 Å². The number of aromatic nitrogens is 4. The van der Waals surface area contributed by atoms with Crippen LogP contribution < -0.4 is 10.1 Å². The molecule has 13 heteroatoms. The zero-order valence-corrected chi connectivity index (χ0v) is 22.5. The van der Waals surface area contributed by atoms with E-state index in [-0.39, 0.29) is 34.9 Å². The Morgan fingerprint density at radius 1 is 1.05 bits per heavy atom. The Kier molecular flexibility index (Phi) is 7.23. The van der Waals surface area contributed by atoms with Crippen molar-refractivity contribution in [3.63, 3.8) is 0 Å². The van der Waals surface area contributed by atoms with Gasteiger partial charge in [0.05, 0.1) is 48.1 Å². The molecule has 4 aromatic rings. The molecule has 0 saturated carbocycles. The summed E-state index contributed by atoms with van der Waals surface area (Å²) < 4.78 is 31.7. The van der Waals surface area contributed by atoms with E-state index in [4.69, 9.17) is 16.3 Å². The van der Waals surface area contributed by atoms with Crippen LogP contribution in [0.3, 0.4) is 0 Å². The van der Waals surface area contributed by atoms with Crippen molar-refractivity contribution in [1.82, 2.24) is 24.8 Å². The van der Waals surface area contributed by atoms with Crippen LogP contribution in [0, 0.1) is 13.8 Å². The van der Waals surface area contributed by atoms with Gasteiger partial charge in [-0.25, -0.2) is 18.7 Å². The number of nitrogens with one attached hydrogen (secondary N) is 1. The second-order valence-corrected chi connectivity index (χ2v) is 10.3. The van der Waals surface area contributed by atoms with Crippen molar-refractivity contribution >= 4 is 39.9 Å². The van der Waals surface area contributed by atoms with Crippen molar-refractivity contribution in [2.24, 2.45) is 0 Å². The molecule has 0 aliphatic carbocycles. The molecule has 5 rings (SSSR count). The first kappa shape index (κ1) is 26.6. The minimum atomic E-state index is -2.72. The molecule has 0 spiro atoms. The summed E-state index contributed by atoms with van der Waals surface area (Å²) in [6, 6.07) is 4.55. The fourth-order valence-electron chi connectivity index (χ4n) is 4.21. The zero-order chi connectivity index (χ0) is 27.8. The van der Waals surface area contributed by atoms with Crippen LogP contribution in [0.2, 0.25) is 5.15 Å². The van der Waals surface area contributed by atoms with E-state index >= 15 is 0 Å². The van der Waals surface area contributed by atoms with E-state index in [0.29, 0.717) is 39.1 Å². The van der Waals surface area contributed by atoms with Gasteiger partial charge in [-0.05, 0) is 32.0 Å². The van der Waals surface area contributed by atoms with Crippen molar-refractivity contribution in [2.45, 2.75) is 33.4 Å². The van der Waals surface area contributed by atoms with Crippen molar-refractivity contribution < 1.29 is 23.1 Å². The smallest absolute Gasteiger partial charge is 0.265 e. The summed E-state index contributed by atoms with van der Waals surface area (Å²) in [6.45, 7) is 3.83. The molecule has 0 bridgehead atoms. The number of alkyl halides is 2. The summed E-state index contributed by atoms with van der Waals surface area (Å²) >= 11 is 7.35. The van der Waals surface area contributed by atoms with Crippen LogP contribution in [0.1, 0.15) is 54.7 Å². The lowest BCUT2D eigenvalue weighted by Gasteiger charge is -2.17. The number of fused-ring (bicyclic) bond motifs is 1. The number of ether oxygens (including phenoxy) is 1. The predicted octanol–water partition coefficient (Wildman–Crippen LogP) is 5.62. The SMILES string of the molecule is COc1cnc(Cl)cc1-c1cc(C)ncc1C(=O)Nc1nc2c(s1)CN(C(=O)c1cc(C(F)F)cnc1C)C2. The van der Waals surface area contributed by atoms with Crippen LogP contribution >= 0.6 is 22.9 Å². The molecule has 39 heavy (non-hydrogen) atoms.